The number of hydrogen-bond donors (Lipinski definition) is 2. The summed E-state index contributed by atoms with van der Waals surface area (Å²) in [6.07, 6.45) is 2.06. The molecule has 0 bridgehead atoms. The molecule has 2 N–H and O–H groups in total. The van der Waals surface area contributed by atoms with Gasteiger partial charge < -0.3 is 19.8 Å². The maximum atomic E-state index is 5.48. The molecule has 0 radical (unpaired) electrons. The summed E-state index contributed by atoms with van der Waals surface area (Å²) in [7, 11) is 1.67. The van der Waals surface area contributed by atoms with E-state index in [4.69, 9.17) is 9.15 Å². The molecule has 0 fully saturated rings. The first kappa shape index (κ1) is 15.5. The second kappa shape index (κ2) is 9.10. The van der Waals surface area contributed by atoms with E-state index >= 15 is 0 Å². The summed E-state index contributed by atoms with van der Waals surface area (Å²) in [4.78, 5) is 0. The summed E-state index contributed by atoms with van der Waals surface area (Å²) in [5.74, 6) is 0.580. The maximum Gasteiger partial charge on any atom is 0.315 e. The van der Waals surface area contributed by atoms with Gasteiger partial charge in [0, 0.05) is 20.2 Å². The van der Waals surface area contributed by atoms with Crippen molar-refractivity contribution in [3.05, 3.63) is 41.8 Å². The lowest BCUT2D eigenvalue weighted by atomic mass is 10.1. The van der Waals surface area contributed by atoms with Crippen LogP contribution < -0.4 is 10.6 Å². The van der Waals surface area contributed by atoms with Crippen molar-refractivity contribution in [1.82, 2.24) is 15.5 Å². The molecule has 1 aromatic carbocycles. The summed E-state index contributed by atoms with van der Waals surface area (Å²) in [6.45, 7) is 2.80. The second-order valence-corrected chi connectivity index (χ2v) is 4.69. The fourth-order valence-corrected chi connectivity index (χ4v) is 1.90. The van der Waals surface area contributed by atoms with Crippen molar-refractivity contribution in [3.63, 3.8) is 0 Å². The van der Waals surface area contributed by atoms with Crippen LogP contribution >= 0.6 is 0 Å². The van der Waals surface area contributed by atoms with Gasteiger partial charge in [0.05, 0.1) is 13.2 Å². The molecule has 0 aliphatic carbocycles. The monoisotopic (exact) mass is 290 g/mol. The zero-order chi connectivity index (χ0) is 14.8. The molecule has 1 heterocycles. The minimum Gasteiger partial charge on any atom is -0.407 e. The minimum atomic E-state index is 0.478. The number of aromatic nitrogens is 2. The minimum absolute atomic E-state index is 0.478. The third kappa shape index (κ3) is 5.93. The van der Waals surface area contributed by atoms with Gasteiger partial charge in [0.2, 0.25) is 5.89 Å². The van der Waals surface area contributed by atoms with E-state index in [1.54, 1.807) is 7.11 Å². The van der Waals surface area contributed by atoms with Gasteiger partial charge in [-0.3, -0.25) is 0 Å². The van der Waals surface area contributed by atoms with E-state index in [1.165, 1.54) is 5.56 Å². The molecular weight excluding hydrogens is 268 g/mol. The van der Waals surface area contributed by atoms with Gasteiger partial charge in [-0.25, -0.2) is 0 Å². The number of aryl methyl sites for hydroxylation is 1. The highest BCUT2D eigenvalue weighted by atomic mass is 16.5. The van der Waals surface area contributed by atoms with E-state index in [2.05, 4.69) is 45.1 Å². The standard InChI is InChI=1S/C15H22N4O2/c1-20-11-10-16-12-14-18-19-15(21-14)17-9-5-8-13-6-3-2-4-7-13/h2-4,6-7,16H,5,8-12H2,1H3,(H,17,19). The Kier molecular flexibility index (Phi) is 6.70. The van der Waals surface area contributed by atoms with E-state index in [0.29, 0.717) is 25.1 Å². The summed E-state index contributed by atoms with van der Waals surface area (Å²) in [5.41, 5.74) is 1.34. The molecular formula is C15H22N4O2. The smallest absolute Gasteiger partial charge is 0.315 e. The highest BCUT2D eigenvalue weighted by Gasteiger charge is 2.04. The molecule has 1 aromatic heterocycles. The predicted molar refractivity (Wildman–Crippen MR) is 81.1 cm³/mol. The number of nitrogens with zero attached hydrogens (tertiary/aromatic N) is 2. The van der Waals surface area contributed by atoms with Gasteiger partial charge in [-0.2, -0.15) is 0 Å². The Morgan fingerprint density at radius 3 is 2.81 bits per heavy atom. The molecule has 0 unspecified atom stereocenters. The van der Waals surface area contributed by atoms with E-state index in [1.807, 2.05) is 6.07 Å². The Bertz CT molecular complexity index is 501. The highest BCUT2D eigenvalue weighted by molar-refractivity contribution is 5.18. The van der Waals surface area contributed by atoms with Crippen LogP contribution in [0.1, 0.15) is 17.9 Å². The molecule has 0 atom stereocenters. The Hall–Kier alpha value is -1.92. The molecule has 0 spiro atoms. The molecule has 0 amide bonds. The summed E-state index contributed by atoms with van der Waals surface area (Å²) in [6, 6.07) is 10.9. The van der Waals surface area contributed by atoms with Crippen LogP contribution in [-0.4, -0.2) is 37.0 Å². The molecule has 6 heteroatoms. The molecule has 0 aliphatic rings. The van der Waals surface area contributed by atoms with E-state index in [9.17, 15) is 0 Å². The van der Waals surface area contributed by atoms with Crippen molar-refractivity contribution in [1.29, 1.82) is 0 Å². The Morgan fingerprint density at radius 1 is 1.14 bits per heavy atom. The second-order valence-electron chi connectivity index (χ2n) is 4.69. The van der Waals surface area contributed by atoms with Crippen LogP contribution in [0.15, 0.2) is 34.7 Å². The number of benzene rings is 1. The molecule has 2 rings (SSSR count). The number of anilines is 1. The first-order valence-electron chi connectivity index (χ1n) is 7.18. The van der Waals surface area contributed by atoms with E-state index in [-0.39, 0.29) is 0 Å². The average molecular weight is 290 g/mol. The van der Waals surface area contributed by atoms with Crippen LogP contribution in [0.5, 0.6) is 0 Å². The normalized spacial score (nSPS) is 10.7. The van der Waals surface area contributed by atoms with Gasteiger partial charge in [-0.05, 0) is 18.4 Å². The van der Waals surface area contributed by atoms with Crippen molar-refractivity contribution < 1.29 is 9.15 Å². The van der Waals surface area contributed by atoms with Gasteiger partial charge in [0.15, 0.2) is 0 Å². The van der Waals surface area contributed by atoms with Crippen LogP contribution in [0.2, 0.25) is 0 Å². The number of nitrogens with one attached hydrogen (secondary N) is 2. The summed E-state index contributed by atoms with van der Waals surface area (Å²) < 4.78 is 10.4. The Balaban J connectivity index is 1.61. The largest absolute Gasteiger partial charge is 0.407 e. The topological polar surface area (TPSA) is 72.2 Å². The molecule has 6 nitrogen and oxygen atoms in total. The van der Waals surface area contributed by atoms with Gasteiger partial charge in [-0.1, -0.05) is 35.4 Å². The first-order chi connectivity index (χ1) is 10.4. The van der Waals surface area contributed by atoms with Crippen LogP contribution in [0.25, 0.3) is 0 Å². The van der Waals surface area contributed by atoms with Crippen molar-refractivity contribution in [2.24, 2.45) is 0 Å². The zero-order valence-corrected chi connectivity index (χ0v) is 12.3. The van der Waals surface area contributed by atoms with E-state index in [0.717, 1.165) is 25.9 Å². The number of methoxy groups -OCH3 is 1. The summed E-state index contributed by atoms with van der Waals surface area (Å²) in [5, 5.41) is 14.2. The molecule has 0 saturated heterocycles. The third-order valence-corrected chi connectivity index (χ3v) is 2.99. The van der Waals surface area contributed by atoms with E-state index < -0.39 is 0 Å². The maximum absolute atomic E-state index is 5.48. The fourth-order valence-electron chi connectivity index (χ4n) is 1.90. The van der Waals surface area contributed by atoms with Crippen molar-refractivity contribution in [3.8, 4) is 0 Å². The van der Waals surface area contributed by atoms with Crippen molar-refractivity contribution >= 4 is 6.01 Å². The van der Waals surface area contributed by atoms with Gasteiger partial charge in [-0.15, -0.1) is 5.10 Å². The fraction of sp³-hybridized carbons (Fsp3) is 0.467. The summed E-state index contributed by atoms with van der Waals surface area (Å²) >= 11 is 0. The average Bonchev–Trinajstić information content (AvgIpc) is 2.97. The molecule has 0 saturated carbocycles. The van der Waals surface area contributed by atoms with Crippen molar-refractivity contribution in [2.45, 2.75) is 19.4 Å². The van der Waals surface area contributed by atoms with Crippen LogP contribution in [0.4, 0.5) is 6.01 Å². The lowest BCUT2D eigenvalue weighted by molar-refractivity contribution is 0.198. The molecule has 21 heavy (non-hydrogen) atoms. The quantitative estimate of drug-likeness (QED) is 0.651. The highest BCUT2D eigenvalue weighted by Crippen LogP contribution is 2.06. The number of hydrogen-bond acceptors (Lipinski definition) is 6. The van der Waals surface area contributed by atoms with Gasteiger partial charge in [0.1, 0.15) is 0 Å². The lowest BCUT2D eigenvalue weighted by Crippen LogP contribution is -2.18. The number of rotatable bonds is 10. The number of ether oxygens (including phenoxy) is 1. The predicted octanol–water partition coefficient (Wildman–Crippen LogP) is 1.85. The molecule has 0 aliphatic heterocycles. The van der Waals surface area contributed by atoms with Crippen LogP contribution in [-0.2, 0) is 17.7 Å². The zero-order valence-electron chi connectivity index (χ0n) is 12.3. The lowest BCUT2D eigenvalue weighted by Gasteiger charge is -2.02. The SMILES string of the molecule is COCCNCc1nnc(NCCCc2ccccc2)o1. The Labute approximate surface area is 124 Å². The van der Waals surface area contributed by atoms with Crippen LogP contribution in [0, 0.1) is 0 Å². The molecule has 2 aromatic rings. The van der Waals surface area contributed by atoms with Crippen LogP contribution in [0.3, 0.4) is 0 Å². The molecule has 114 valence electrons. The first-order valence-corrected chi connectivity index (χ1v) is 7.18. The van der Waals surface area contributed by atoms with Gasteiger partial charge >= 0.3 is 6.01 Å². The van der Waals surface area contributed by atoms with Crippen molar-refractivity contribution in [2.75, 3.05) is 32.1 Å². The third-order valence-electron chi connectivity index (χ3n) is 2.99. The Morgan fingerprint density at radius 2 is 2.00 bits per heavy atom. The van der Waals surface area contributed by atoms with Gasteiger partial charge in [0.25, 0.3) is 0 Å².